The number of nitrogen functional groups attached to an aromatic ring is 1. The summed E-state index contributed by atoms with van der Waals surface area (Å²) in [5, 5.41) is 7.19. The molecule has 8 nitrogen and oxygen atoms in total. The zero-order valence-corrected chi connectivity index (χ0v) is 18.9. The van der Waals surface area contributed by atoms with Crippen LogP contribution in [0.1, 0.15) is 49.4 Å². The van der Waals surface area contributed by atoms with Gasteiger partial charge < -0.3 is 21.3 Å². The molecule has 5 rings (SSSR count). The van der Waals surface area contributed by atoms with Crippen LogP contribution in [0.25, 0.3) is 16.8 Å². The van der Waals surface area contributed by atoms with Gasteiger partial charge in [0.15, 0.2) is 0 Å². The summed E-state index contributed by atoms with van der Waals surface area (Å²) in [6, 6.07) is 18.3. The molecule has 1 aliphatic carbocycles. The molecular formula is C26H29N5O3. The molecule has 0 bridgehead atoms. The second kappa shape index (κ2) is 10.7. The van der Waals surface area contributed by atoms with Crippen LogP contribution < -0.4 is 16.2 Å². The van der Waals surface area contributed by atoms with Crippen molar-refractivity contribution in [1.82, 2.24) is 14.4 Å². The first kappa shape index (κ1) is 23.1. The van der Waals surface area contributed by atoms with Gasteiger partial charge in [0.2, 0.25) is 0 Å². The van der Waals surface area contributed by atoms with Gasteiger partial charge in [-0.1, -0.05) is 61.7 Å². The number of amides is 1. The van der Waals surface area contributed by atoms with E-state index in [0.717, 1.165) is 33.9 Å². The average Bonchev–Trinajstić information content (AvgIpc) is 3.25. The van der Waals surface area contributed by atoms with Crippen LogP contribution in [-0.4, -0.2) is 25.6 Å². The third kappa shape index (κ3) is 5.46. The molecule has 0 spiro atoms. The van der Waals surface area contributed by atoms with Gasteiger partial charge in [-0.05, 0) is 30.5 Å². The van der Waals surface area contributed by atoms with Crippen LogP contribution in [0.2, 0.25) is 0 Å². The Bertz CT molecular complexity index is 1250. The maximum Gasteiger partial charge on any atom is 0.402 e. The van der Waals surface area contributed by atoms with Gasteiger partial charge >= 0.3 is 6.09 Å². The molecule has 1 aliphatic rings. The van der Waals surface area contributed by atoms with Crippen LogP contribution in [0.4, 0.5) is 10.6 Å². The van der Waals surface area contributed by atoms with Gasteiger partial charge in [-0.15, -0.1) is 0 Å². The standard InChI is InChI=1S/C25H26N4O.CH3NO2/c26-24-23-22(28-25(29(23)15-14-27-24)19-10-5-2-6-11-19)20-12-7-13-21(16-20)30-17-18-8-3-1-4-9-18;2-1(3)4/h1,3-4,7-9,12-16,19H,2,5-6,10-11,17H2,(H2,26,27);2H2,(H,3,4). The summed E-state index contributed by atoms with van der Waals surface area (Å²) < 4.78 is 8.18. The van der Waals surface area contributed by atoms with Crippen LogP contribution in [0.5, 0.6) is 5.75 Å². The largest absolute Gasteiger partial charge is 0.489 e. The maximum absolute atomic E-state index is 8.78. The minimum atomic E-state index is -1.33. The minimum Gasteiger partial charge on any atom is -0.489 e. The number of hydrogen-bond donors (Lipinski definition) is 3. The van der Waals surface area contributed by atoms with Crippen molar-refractivity contribution in [3.05, 3.63) is 78.4 Å². The lowest BCUT2D eigenvalue weighted by Gasteiger charge is -2.20. The van der Waals surface area contributed by atoms with Crippen molar-refractivity contribution in [2.75, 3.05) is 5.73 Å². The summed E-state index contributed by atoms with van der Waals surface area (Å²) in [6.07, 6.45) is 8.62. The molecule has 0 radical (unpaired) electrons. The number of primary amides is 1. The predicted octanol–water partition coefficient (Wildman–Crippen LogP) is 5.23. The molecule has 1 amide bonds. The van der Waals surface area contributed by atoms with Gasteiger partial charge in [-0.25, -0.2) is 14.8 Å². The van der Waals surface area contributed by atoms with Crippen LogP contribution in [0.15, 0.2) is 67.0 Å². The Balaban J connectivity index is 0.000000636. The smallest absolute Gasteiger partial charge is 0.402 e. The number of anilines is 1. The average molecular weight is 460 g/mol. The summed E-state index contributed by atoms with van der Waals surface area (Å²) in [5.74, 6) is 2.90. The summed E-state index contributed by atoms with van der Waals surface area (Å²) in [4.78, 5) is 18.2. The Morgan fingerprint density at radius 1 is 1.09 bits per heavy atom. The fraction of sp³-hybridized carbons (Fsp3) is 0.269. The lowest BCUT2D eigenvalue weighted by atomic mass is 9.89. The van der Waals surface area contributed by atoms with Crippen LogP contribution in [0.3, 0.4) is 0 Å². The lowest BCUT2D eigenvalue weighted by molar-refractivity contribution is 0.205. The number of nitrogens with zero attached hydrogens (tertiary/aromatic N) is 3. The van der Waals surface area contributed by atoms with Gasteiger partial charge in [0, 0.05) is 23.9 Å². The third-order valence-electron chi connectivity index (χ3n) is 5.94. The first-order chi connectivity index (χ1) is 16.5. The Morgan fingerprint density at radius 3 is 2.56 bits per heavy atom. The summed E-state index contributed by atoms with van der Waals surface area (Å²) in [6.45, 7) is 0.533. The molecule has 2 heterocycles. The van der Waals surface area contributed by atoms with Gasteiger partial charge in [0.05, 0.1) is 0 Å². The molecule has 2 aromatic heterocycles. The predicted molar refractivity (Wildman–Crippen MR) is 132 cm³/mol. The molecule has 1 fully saturated rings. The fourth-order valence-corrected chi connectivity index (χ4v) is 4.41. The minimum absolute atomic E-state index is 0.472. The Hall–Kier alpha value is -4.07. The van der Waals surface area contributed by atoms with E-state index in [0.29, 0.717) is 18.3 Å². The Kier molecular flexibility index (Phi) is 7.27. The van der Waals surface area contributed by atoms with Gasteiger partial charge in [0.25, 0.3) is 0 Å². The highest BCUT2D eigenvalue weighted by molar-refractivity contribution is 5.85. The second-order valence-corrected chi connectivity index (χ2v) is 8.32. The van der Waals surface area contributed by atoms with Gasteiger partial charge in [-0.2, -0.15) is 0 Å². The third-order valence-corrected chi connectivity index (χ3v) is 5.94. The molecule has 176 valence electrons. The molecule has 0 atom stereocenters. The van der Waals surface area contributed by atoms with E-state index in [9.17, 15) is 0 Å². The number of nitrogens with two attached hydrogens (primary N) is 2. The van der Waals surface area contributed by atoms with E-state index in [1.54, 1.807) is 6.20 Å². The number of aromatic nitrogens is 3. The quantitative estimate of drug-likeness (QED) is 0.375. The number of carbonyl (C=O) groups is 1. The molecule has 2 aromatic carbocycles. The summed E-state index contributed by atoms with van der Waals surface area (Å²) in [5.41, 5.74) is 14.2. The van der Waals surface area contributed by atoms with E-state index in [-0.39, 0.29) is 0 Å². The lowest BCUT2D eigenvalue weighted by Crippen LogP contribution is -2.09. The molecule has 5 N–H and O–H groups in total. The molecule has 0 unspecified atom stereocenters. The highest BCUT2D eigenvalue weighted by Crippen LogP contribution is 2.37. The van der Waals surface area contributed by atoms with Crippen molar-refractivity contribution in [3.8, 4) is 17.0 Å². The fourth-order valence-electron chi connectivity index (χ4n) is 4.41. The van der Waals surface area contributed by atoms with Crippen LogP contribution >= 0.6 is 0 Å². The van der Waals surface area contributed by atoms with Crippen molar-refractivity contribution in [2.45, 2.75) is 44.6 Å². The topological polar surface area (TPSA) is 129 Å². The molecular weight excluding hydrogens is 430 g/mol. The summed E-state index contributed by atoms with van der Waals surface area (Å²) >= 11 is 0. The number of ether oxygens (including phenoxy) is 1. The monoisotopic (exact) mass is 459 g/mol. The van der Waals surface area contributed by atoms with E-state index in [4.69, 9.17) is 25.4 Å². The zero-order valence-electron chi connectivity index (χ0n) is 18.9. The van der Waals surface area contributed by atoms with E-state index in [1.165, 1.54) is 32.1 Å². The molecule has 1 saturated carbocycles. The van der Waals surface area contributed by atoms with Crippen LogP contribution in [-0.2, 0) is 6.61 Å². The van der Waals surface area contributed by atoms with Crippen molar-refractivity contribution >= 4 is 17.4 Å². The molecule has 34 heavy (non-hydrogen) atoms. The number of rotatable bonds is 5. The highest BCUT2D eigenvalue weighted by atomic mass is 16.5. The van der Waals surface area contributed by atoms with Crippen molar-refractivity contribution < 1.29 is 14.6 Å². The second-order valence-electron chi connectivity index (χ2n) is 8.32. The molecule has 8 heteroatoms. The normalized spacial score (nSPS) is 13.8. The molecule has 0 saturated heterocycles. The Labute approximate surface area is 198 Å². The van der Waals surface area contributed by atoms with E-state index in [2.05, 4.69) is 33.3 Å². The number of hydrogen-bond acceptors (Lipinski definition) is 5. The van der Waals surface area contributed by atoms with Gasteiger partial charge in [0.1, 0.15) is 35.2 Å². The van der Waals surface area contributed by atoms with Crippen molar-refractivity contribution in [3.63, 3.8) is 0 Å². The van der Waals surface area contributed by atoms with Crippen molar-refractivity contribution in [2.24, 2.45) is 5.73 Å². The maximum atomic E-state index is 8.78. The Morgan fingerprint density at radius 2 is 1.82 bits per heavy atom. The summed E-state index contributed by atoms with van der Waals surface area (Å²) in [7, 11) is 0. The molecule has 4 aromatic rings. The van der Waals surface area contributed by atoms with E-state index < -0.39 is 6.09 Å². The van der Waals surface area contributed by atoms with Crippen LogP contribution in [0, 0.1) is 0 Å². The first-order valence-corrected chi connectivity index (χ1v) is 11.4. The van der Waals surface area contributed by atoms with Gasteiger partial charge in [-0.3, -0.25) is 4.40 Å². The number of fused-ring (bicyclic) bond motifs is 1. The van der Waals surface area contributed by atoms with E-state index >= 15 is 0 Å². The number of imidazole rings is 1. The zero-order chi connectivity index (χ0) is 23.9. The number of benzene rings is 2. The number of carboxylic acid groups (broad SMARTS) is 1. The SMILES string of the molecule is NC(=O)O.Nc1nccn2c(C3CCCCC3)nc(-c3cccc(OCc4ccccc4)c3)c12. The molecule has 0 aliphatic heterocycles. The first-order valence-electron chi connectivity index (χ1n) is 11.4. The highest BCUT2D eigenvalue weighted by Gasteiger charge is 2.24. The van der Waals surface area contributed by atoms with Crippen molar-refractivity contribution in [1.29, 1.82) is 0 Å². The van der Waals surface area contributed by atoms with E-state index in [1.807, 2.05) is 42.6 Å².